The number of aromatic nitrogens is 2. The molecule has 0 aliphatic heterocycles. The summed E-state index contributed by atoms with van der Waals surface area (Å²) >= 11 is 1.58. The zero-order chi connectivity index (χ0) is 13.4. The molecular weight excluding hydrogens is 265 g/mol. The first-order chi connectivity index (χ1) is 9.15. The molecule has 4 nitrogen and oxygen atoms in total. The third-order valence-corrected chi connectivity index (χ3v) is 3.63. The first-order valence-electron chi connectivity index (χ1n) is 5.57. The molecule has 3 rings (SSSR count). The lowest BCUT2D eigenvalue weighted by Crippen LogP contribution is -1.90. The third kappa shape index (κ3) is 2.10. The zero-order valence-electron chi connectivity index (χ0n) is 10.1. The van der Waals surface area contributed by atoms with Crippen molar-refractivity contribution in [1.29, 1.82) is 0 Å². The Labute approximate surface area is 112 Å². The Kier molecular flexibility index (Phi) is 2.79. The highest BCUT2D eigenvalue weighted by Crippen LogP contribution is 2.27. The minimum atomic E-state index is -0.461. The maximum Gasteiger partial charge on any atom is 0.258 e. The molecule has 0 fully saturated rings. The van der Waals surface area contributed by atoms with Gasteiger partial charge in [0.1, 0.15) is 5.82 Å². The molecule has 1 aromatic carbocycles. The van der Waals surface area contributed by atoms with E-state index in [9.17, 15) is 4.39 Å². The summed E-state index contributed by atoms with van der Waals surface area (Å²) in [4.78, 5) is 4.31. The van der Waals surface area contributed by atoms with Crippen LogP contribution in [0.1, 0.15) is 5.56 Å². The van der Waals surface area contributed by atoms with Gasteiger partial charge in [0, 0.05) is 16.5 Å². The van der Waals surface area contributed by atoms with Gasteiger partial charge < -0.3 is 10.3 Å². The van der Waals surface area contributed by atoms with Crippen LogP contribution in [0, 0.1) is 12.7 Å². The number of nitrogen functional groups attached to an aromatic ring is 1. The smallest absolute Gasteiger partial charge is 0.258 e. The Morgan fingerprint density at radius 2 is 2.16 bits per heavy atom. The van der Waals surface area contributed by atoms with E-state index in [0.29, 0.717) is 17.3 Å². The SMILES string of the molecule is Cc1cscc1-c1noc(-c2ccc(F)c(N)c2)n1. The predicted octanol–water partition coefficient (Wildman–Crippen LogP) is 3.49. The van der Waals surface area contributed by atoms with Crippen molar-refractivity contribution in [1.82, 2.24) is 10.1 Å². The van der Waals surface area contributed by atoms with E-state index in [1.54, 1.807) is 17.4 Å². The minimum absolute atomic E-state index is 0.0592. The highest BCUT2D eigenvalue weighted by molar-refractivity contribution is 7.08. The van der Waals surface area contributed by atoms with Crippen LogP contribution in [0.25, 0.3) is 22.8 Å². The maximum atomic E-state index is 13.1. The fraction of sp³-hybridized carbons (Fsp3) is 0.0769. The molecule has 6 heteroatoms. The van der Waals surface area contributed by atoms with Crippen molar-refractivity contribution in [2.24, 2.45) is 0 Å². The molecule has 0 atom stereocenters. The van der Waals surface area contributed by atoms with E-state index in [1.165, 1.54) is 12.1 Å². The summed E-state index contributed by atoms with van der Waals surface area (Å²) in [5, 5.41) is 7.91. The van der Waals surface area contributed by atoms with Crippen LogP contribution in [0.5, 0.6) is 0 Å². The molecule has 2 heterocycles. The van der Waals surface area contributed by atoms with Crippen LogP contribution in [0.15, 0.2) is 33.5 Å². The van der Waals surface area contributed by atoms with Crippen LogP contribution in [0.4, 0.5) is 10.1 Å². The minimum Gasteiger partial charge on any atom is -0.396 e. The number of thiophene rings is 1. The van der Waals surface area contributed by atoms with Gasteiger partial charge in [0.25, 0.3) is 5.89 Å². The lowest BCUT2D eigenvalue weighted by molar-refractivity contribution is 0.432. The predicted molar refractivity (Wildman–Crippen MR) is 72.2 cm³/mol. The van der Waals surface area contributed by atoms with Crippen LogP contribution < -0.4 is 5.73 Å². The van der Waals surface area contributed by atoms with Crippen molar-refractivity contribution in [2.45, 2.75) is 6.92 Å². The molecule has 0 aliphatic carbocycles. The Balaban J connectivity index is 2.01. The summed E-state index contributed by atoms with van der Waals surface area (Å²) in [5.74, 6) is 0.390. The molecule has 0 amide bonds. The number of nitrogens with zero attached hydrogens (tertiary/aromatic N) is 2. The van der Waals surface area contributed by atoms with Crippen LogP contribution in [-0.2, 0) is 0 Å². The number of halogens is 1. The van der Waals surface area contributed by atoms with Gasteiger partial charge in [0.15, 0.2) is 0 Å². The lowest BCUT2D eigenvalue weighted by atomic mass is 10.2. The Bertz CT molecular complexity index is 735. The molecule has 96 valence electrons. The molecule has 0 saturated carbocycles. The van der Waals surface area contributed by atoms with Gasteiger partial charge in [-0.1, -0.05) is 5.16 Å². The Morgan fingerprint density at radius 3 is 2.84 bits per heavy atom. The molecular formula is C13H10FN3OS. The standard InChI is InChI=1S/C13H10FN3OS/c1-7-5-19-6-9(7)12-16-13(18-17-12)8-2-3-10(14)11(15)4-8/h2-6H,15H2,1H3. The first kappa shape index (κ1) is 11.9. The largest absolute Gasteiger partial charge is 0.396 e. The zero-order valence-corrected chi connectivity index (χ0v) is 10.9. The molecule has 2 N–H and O–H groups in total. The van der Waals surface area contributed by atoms with Crippen LogP contribution >= 0.6 is 11.3 Å². The molecule has 0 saturated heterocycles. The molecule has 0 unspecified atom stereocenters. The van der Waals surface area contributed by atoms with Crippen LogP contribution in [0.3, 0.4) is 0 Å². The third-order valence-electron chi connectivity index (χ3n) is 2.77. The van der Waals surface area contributed by atoms with Crippen molar-refractivity contribution >= 4 is 17.0 Å². The van der Waals surface area contributed by atoms with Gasteiger partial charge in [0.2, 0.25) is 5.82 Å². The maximum absolute atomic E-state index is 13.1. The van der Waals surface area contributed by atoms with E-state index in [2.05, 4.69) is 10.1 Å². The highest BCUT2D eigenvalue weighted by atomic mass is 32.1. The first-order valence-corrected chi connectivity index (χ1v) is 6.51. The van der Waals surface area contributed by atoms with E-state index in [4.69, 9.17) is 10.3 Å². The number of hydrogen-bond acceptors (Lipinski definition) is 5. The van der Waals surface area contributed by atoms with Gasteiger partial charge in [-0.3, -0.25) is 0 Å². The van der Waals surface area contributed by atoms with Crippen LogP contribution in [0.2, 0.25) is 0 Å². The fourth-order valence-corrected chi connectivity index (χ4v) is 2.54. The summed E-state index contributed by atoms with van der Waals surface area (Å²) in [6.45, 7) is 1.98. The average molecular weight is 275 g/mol. The van der Waals surface area contributed by atoms with Crippen LogP contribution in [-0.4, -0.2) is 10.1 Å². The molecule has 19 heavy (non-hydrogen) atoms. The van der Waals surface area contributed by atoms with Crippen molar-refractivity contribution in [3.63, 3.8) is 0 Å². The van der Waals surface area contributed by atoms with E-state index in [1.807, 2.05) is 17.7 Å². The molecule has 0 radical (unpaired) electrons. The molecule has 0 aliphatic rings. The number of hydrogen-bond donors (Lipinski definition) is 1. The van der Waals surface area contributed by atoms with Gasteiger partial charge in [-0.2, -0.15) is 16.3 Å². The summed E-state index contributed by atoms with van der Waals surface area (Å²) < 4.78 is 18.3. The monoisotopic (exact) mass is 275 g/mol. The van der Waals surface area contributed by atoms with Crippen molar-refractivity contribution < 1.29 is 8.91 Å². The second-order valence-corrected chi connectivity index (χ2v) is 4.87. The number of anilines is 1. The van der Waals surface area contributed by atoms with E-state index >= 15 is 0 Å². The number of benzene rings is 1. The highest BCUT2D eigenvalue weighted by Gasteiger charge is 2.13. The van der Waals surface area contributed by atoms with E-state index in [-0.39, 0.29) is 5.69 Å². The number of aryl methyl sites for hydroxylation is 1. The molecule has 3 aromatic rings. The van der Waals surface area contributed by atoms with Gasteiger partial charge in [-0.25, -0.2) is 4.39 Å². The van der Waals surface area contributed by atoms with Gasteiger partial charge in [0.05, 0.1) is 5.69 Å². The average Bonchev–Trinajstić information content (AvgIpc) is 3.01. The Morgan fingerprint density at radius 1 is 1.32 bits per heavy atom. The Hall–Kier alpha value is -2.21. The van der Waals surface area contributed by atoms with E-state index in [0.717, 1.165) is 11.1 Å². The van der Waals surface area contributed by atoms with Crippen molar-refractivity contribution in [3.8, 4) is 22.8 Å². The summed E-state index contributed by atoms with van der Waals surface area (Å²) in [5.41, 5.74) is 8.22. The summed E-state index contributed by atoms with van der Waals surface area (Å²) in [6, 6.07) is 4.32. The van der Waals surface area contributed by atoms with Gasteiger partial charge in [-0.15, -0.1) is 0 Å². The lowest BCUT2D eigenvalue weighted by Gasteiger charge is -1.97. The molecule has 2 aromatic heterocycles. The normalized spacial score (nSPS) is 10.8. The van der Waals surface area contributed by atoms with E-state index < -0.39 is 5.82 Å². The summed E-state index contributed by atoms with van der Waals surface area (Å²) in [7, 11) is 0. The molecule has 0 bridgehead atoms. The second kappa shape index (κ2) is 4.47. The van der Waals surface area contributed by atoms with Gasteiger partial charge in [-0.05, 0) is 36.1 Å². The number of rotatable bonds is 2. The topological polar surface area (TPSA) is 64.9 Å². The van der Waals surface area contributed by atoms with Gasteiger partial charge >= 0.3 is 0 Å². The van der Waals surface area contributed by atoms with Crippen molar-refractivity contribution in [2.75, 3.05) is 5.73 Å². The molecule has 0 spiro atoms. The summed E-state index contributed by atoms with van der Waals surface area (Å²) in [6.07, 6.45) is 0. The number of nitrogens with two attached hydrogens (primary N) is 1. The quantitative estimate of drug-likeness (QED) is 0.727. The second-order valence-electron chi connectivity index (χ2n) is 4.13. The van der Waals surface area contributed by atoms with Crippen molar-refractivity contribution in [3.05, 3.63) is 40.3 Å². The fourth-order valence-electron chi connectivity index (χ4n) is 1.72.